The van der Waals surface area contributed by atoms with E-state index in [1.54, 1.807) is 31.3 Å². The molecule has 0 saturated carbocycles. The summed E-state index contributed by atoms with van der Waals surface area (Å²) in [6, 6.07) is 8.83. The van der Waals surface area contributed by atoms with Gasteiger partial charge in [0.25, 0.3) is 0 Å². The van der Waals surface area contributed by atoms with Crippen LogP contribution in [0.4, 0.5) is 5.69 Å². The van der Waals surface area contributed by atoms with Crippen molar-refractivity contribution in [3.05, 3.63) is 59.2 Å². The number of pyridine rings is 3. The van der Waals surface area contributed by atoms with E-state index in [1.807, 2.05) is 32.9 Å². The quantitative estimate of drug-likeness (QED) is 0.586. The molecular weight excluding hydrogens is 414 g/mol. The summed E-state index contributed by atoms with van der Waals surface area (Å²) >= 11 is 0. The number of aromatic nitrogens is 3. The summed E-state index contributed by atoms with van der Waals surface area (Å²) in [5, 5.41) is 9.15. The topological polar surface area (TPSA) is 118 Å². The van der Waals surface area contributed by atoms with Gasteiger partial charge in [0, 0.05) is 23.7 Å². The zero-order valence-corrected chi connectivity index (χ0v) is 18.6. The number of ether oxygens (including phenoxy) is 1. The maximum atomic E-state index is 12.4. The highest BCUT2D eigenvalue weighted by Crippen LogP contribution is 2.34. The Kier molecular flexibility index (Phi) is 6.51. The van der Waals surface area contributed by atoms with Gasteiger partial charge >= 0.3 is 0 Å². The lowest BCUT2D eigenvalue weighted by atomic mass is 10.1. The highest BCUT2D eigenvalue weighted by molar-refractivity contribution is 7.92. The summed E-state index contributed by atoms with van der Waals surface area (Å²) in [7, 11) is -3.56. The third-order valence-electron chi connectivity index (χ3n) is 4.42. The molecule has 3 heterocycles. The van der Waals surface area contributed by atoms with Crippen LogP contribution >= 0.6 is 0 Å². The van der Waals surface area contributed by atoms with E-state index in [0.29, 0.717) is 34.7 Å². The number of hydrogen-bond donors (Lipinski definition) is 1. The van der Waals surface area contributed by atoms with Gasteiger partial charge in [0.1, 0.15) is 11.8 Å². The Morgan fingerprint density at radius 2 is 1.90 bits per heavy atom. The highest BCUT2D eigenvalue weighted by atomic mass is 32.2. The van der Waals surface area contributed by atoms with Crippen molar-refractivity contribution in [3.63, 3.8) is 0 Å². The number of hydrogen-bond acceptors (Lipinski definition) is 7. The molecule has 0 bridgehead atoms. The van der Waals surface area contributed by atoms with Gasteiger partial charge in [-0.2, -0.15) is 5.26 Å². The second kappa shape index (κ2) is 9.10. The molecular formula is C22H23N5O3S. The Morgan fingerprint density at radius 1 is 1.13 bits per heavy atom. The number of anilines is 1. The fourth-order valence-electron chi connectivity index (χ4n) is 3.15. The molecule has 0 fully saturated rings. The summed E-state index contributed by atoms with van der Waals surface area (Å²) < 4.78 is 33.4. The largest absolute Gasteiger partial charge is 0.435 e. The number of nitrogens with one attached hydrogen (secondary N) is 1. The summed E-state index contributed by atoms with van der Waals surface area (Å²) in [5.74, 6) is 0.582. The first kappa shape index (κ1) is 22.2. The maximum Gasteiger partial charge on any atom is 0.244 e. The summed E-state index contributed by atoms with van der Waals surface area (Å²) in [5.41, 5.74) is 4.10. The van der Waals surface area contributed by atoms with Crippen molar-refractivity contribution in [2.75, 3.05) is 10.5 Å². The molecule has 0 aliphatic rings. The number of nitrogens with zero attached hydrogens (tertiary/aromatic N) is 4. The van der Waals surface area contributed by atoms with E-state index in [9.17, 15) is 8.42 Å². The molecule has 3 aromatic heterocycles. The maximum absolute atomic E-state index is 12.4. The Hall–Kier alpha value is -3.51. The minimum atomic E-state index is -3.56. The molecule has 0 amide bonds. The van der Waals surface area contributed by atoms with Crippen LogP contribution in [0.2, 0.25) is 0 Å². The van der Waals surface area contributed by atoms with Crippen LogP contribution in [0, 0.1) is 32.1 Å². The first-order valence-electron chi connectivity index (χ1n) is 9.72. The summed E-state index contributed by atoms with van der Waals surface area (Å²) in [4.78, 5) is 13.0. The fraction of sp³-hybridized carbons (Fsp3) is 0.273. The molecule has 0 saturated heterocycles. The Balaban J connectivity index is 2.11. The normalized spacial score (nSPS) is 11.1. The van der Waals surface area contributed by atoms with Crippen LogP contribution in [-0.2, 0) is 10.0 Å². The second-order valence-corrected chi connectivity index (χ2v) is 8.98. The van der Waals surface area contributed by atoms with Crippen molar-refractivity contribution in [2.45, 2.75) is 34.1 Å². The van der Waals surface area contributed by atoms with Gasteiger partial charge in [0.2, 0.25) is 15.9 Å². The predicted molar refractivity (Wildman–Crippen MR) is 118 cm³/mol. The van der Waals surface area contributed by atoms with Crippen LogP contribution in [0.15, 0.2) is 36.7 Å². The highest BCUT2D eigenvalue weighted by Gasteiger charge is 2.18. The average molecular weight is 438 g/mol. The minimum Gasteiger partial charge on any atom is -0.435 e. The standard InChI is InChI=1S/C22H23N5O3S/c1-5-8-31(28,29)27-20-7-6-19(18-10-17(11-23)12-24-13-18)26-22(20)30-21-14(2)9-15(3)25-16(21)4/h6-7,9-10,12-13,27H,5,8H2,1-4H3. The monoisotopic (exact) mass is 437 g/mol. The van der Waals surface area contributed by atoms with Crippen LogP contribution in [0.5, 0.6) is 11.6 Å². The van der Waals surface area contributed by atoms with Crippen LogP contribution < -0.4 is 9.46 Å². The van der Waals surface area contributed by atoms with Gasteiger partial charge in [-0.15, -0.1) is 0 Å². The van der Waals surface area contributed by atoms with Crippen LogP contribution in [0.3, 0.4) is 0 Å². The van der Waals surface area contributed by atoms with Gasteiger partial charge in [-0.05, 0) is 57.0 Å². The lowest BCUT2D eigenvalue weighted by Gasteiger charge is -2.16. The van der Waals surface area contributed by atoms with Gasteiger partial charge in [0.05, 0.1) is 22.7 Å². The van der Waals surface area contributed by atoms with E-state index in [2.05, 4.69) is 19.7 Å². The van der Waals surface area contributed by atoms with Crippen molar-refractivity contribution in [1.82, 2.24) is 15.0 Å². The zero-order valence-electron chi connectivity index (χ0n) is 17.8. The van der Waals surface area contributed by atoms with E-state index >= 15 is 0 Å². The molecule has 0 aliphatic carbocycles. The number of rotatable bonds is 7. The molecule has 3 aromatic rings. The molecule has 1 N–H and O–H groups in total. The van der Waals surface area contributed by atoms with Crippen LogP contribution in [0.25, 0.3) is 11.3 Å². The van der Waals surface area contributed by atoms with Gasteiger partial charge in [-0.25, -0.2) is 13.4 Å². The Bertz CT molecular complexity index is 1240. The number of sulfonamides is 1. The van der Waals surface area contributed by atoms with E-state index in [-0.39, 0.29) is 17.3 Å². The third kappa shape index (κ3) is 5.35. The molecule has 0 unspecified atom stereocenters. The predicted octanol–water partition coefficient (Wildman–Crippen LogP) is 4.28. The third-order valence-corrected chi connectivity index (χ3v) is 5.89. The van der Waals surface area contributed by atoms with Gasteiger partial charge in [-0.1, -0.05) is 6.92 Å². The van der Waals surface area contributed by atoms with Crippen LogP contribution in [-0.4, -0.2) is 29.1 Å². The van der Waals surface area contributed by atoms with E-state index in [1.165, 1.54) is 6.20 Å². The molecule has 8 nitrogen and oxygen atoms in total. The molecule has 0 aromatic carbocycles. The minimum absolute atomic E-state index is 0.0214. The Labute approximate surface area is 182 Å². The summed E-state index contributed by atoms with van der Waals surface area (Å²) in [6.45, 7) is 7.39. The fourth-order valence-corrected chi connectivity index (χ4v) is 4.28. The molecule has 3 rings (SSSR count). The first-order chi connectivity index (χ1) is 14.7. The molecule has 0 radical (unpaired) electrons. The summed E-state index contributed by atoms with van der Waals surface area (Å²) in [6.07, 6.45) is 3.51. The van der Waals surface area contributed by atoms with Crippen molar-refractivity contribution in [1.29, 1.82) is 5.26 Å². The van der Waals surface area contributed by atoms with Crippen molar-refractivity contribution in [2.24, 2.45) is 0 Å². The van der Waals surface area contributed by atoms with E-state index in [4.69, 9.17) is 10.00 Å². The van der Waals surface area contributed by atoms with Gasteiger partial charge < -0.3 is 4.74 Å². The lowest BCUT2D eigenvalue weighted by Crippen LogP contribution is -2.17. The molecule has 9 heteroatoms. The van der Waals surface area contributed by atoms with E-state index in [0.717, 1.165) is 11.3 Å². The van der Waals surface area contributed by atoms with Crippen LogP contribution in [0.1, 0.15) is 35.9 Å². The van der Waals surface area contributed by atoms with Crippen molar-refractivity contribution >= 4 is 15.7 Å². The molecule has 31 heavy (non-hydrogen) atoms. The van der Waals surface area contributed by atoms with E-state index < -0.39 is 10.0 Å². The average Bonchev–Trinajstić information content (AvgIpc) is 2.71. The second-order valence-electron chi connectivity index (χ2n) is 7.14. The van der Waals surface area contributed by atoms with Crippen molar-refractivity contribution < 1.29 is 13.2 Å². The zero-order chi connectivity index (χ0) is 22.6. The Morgan fingerprint density at radius 3 is 2.58 bits per heavy atom. The molecule has 0 spiro atoms. The number of aryl methyl sites for hydroxylation is 3. The SMILES string of the molecule is CCCS(=O)(=O)Nc1ccc(-c2cncc(C#N)c2)nc1Oc1c(C)cc(C)nc1C. The van der Waals surface area contributed by atoms with Gasteiger partial charge in [-0.3, -0.25) is 14.7 Å². The van der Waals surface area contributed by atoms with Gasteiger partial charge in [0.15, 0.2) is 5.75 Å². The van der Waals surface area contributed by atoms with Crippen molar-refractivity contribution in [3.8, 4) is 29.0 Å². The first-order valence-corrected chi connectivity index (χ1v) is 11.4. The molecule has 0 aliphatic heterocycles. The lowest BCUT2D eigenvalue weighted by molar-refractivity contribution is 0.455. The smallest absolute Gasteiger partial charge is 0.244 e. The number of nitriles is 1. The molecule has 160 valence electrons. The molecule has 0 atom stereocenters.